The van der Waals surface area contributed by atoms with Crippen LogP contribution in [0.15, 0.2) is 22.8 Å². The van der Waals surface area contributed by atoms with Crippen LogP contribution in [0.1, 0.15) is 37.9 Å². The van der Waals surface area contributed by atoms with Crippen molar-refractivity contribution in [1.82, 2.24) is 14.7 Å². The number of carbonyl (C=O) groups excluding carboxylic acids is 2. The van der Waals surface area contributed by atoms with Crippen LogP contribution in [0.25, 0.3) is 0 Å². The number of hydrogen-bond donors (Lipinski definition) is 0. The average Bonchev–Trinajstić information content (AvgIpc) is 3.36. The molecule has 3 fully saturated rings. The Labute approximate surface area is 148 Å². The molecule has 0 bridgehead atoms. The molecule has 25 heavy (non-hydrogen) atoms. The molecule has 1 aromatic heterocycles. The van der Waals surface area contributed by atoms with E-state index in [2.05, 4.69) is 16.8 Å². The van der Waals surface area contributed by atoms with Gasteiger partial charge in [0.05, 0.1) is 18.7 Å². The SMILES string of the molecule is CN1CCC[C@@H]1[C@@H]1CCCN1C(=O)[C@@H]1CC(=O)N(Cc2ccco2)C1. The highest BCUT2D eigenvalue weighted by atomic mass is 16.3. The Balaban J connectivity index is 1.41. The topological polar surface area (TPSA) is 57.0 Å². The third-order valence-electron chi connectivity index (χ3n) is 6.09. The van der Waals surface area contributed by atoms with Gasteiger partial charge in [-0.3, -0.25) is 9.59 Å². The summed E-state index contributed by atoms with van der Waals surface area (Å²) in [5, 5.41) is 0. The summed E-state index contributed by atoms with van der Waals surface area (Å²) in [4.78, 5) is 31.7. The zero-order valence-corrected chi connectivity index (χ0v) is 14.9. The van der Waals surface area contributed by atoms with Gasteiger partial charge in [-0.05, 0) is 51.4 Å². The normalized spacial score (nSPS) is 30.6. The number of furan rings is 1. The van der Waals surface area contributed by atoms with Crippen molar-refractivity contribution in [3.05, 3.63) is 24.2 Å². The number of rotatable bonds is 4. The Morgan fingerprint density at radius 3 is 2.76 bits per heavy atom. The maximum absolute atomic E-state index is 13.1. The van der Waals surface area contributed by atoms with Gasteiger partial charge in [0.25, 0.3) is 0 Å². The molecule has 0 N–H and O–H groups in total. The lowest BCUT2D eigenvalue weighted by molar-refractivity contribution is -0.137. The van der Waals surface area contributed by atoms with Crippen molar-refractivity contribution < 1.29 is 14.0 Å². The molecule has 0 aromatic carbocycles. The van der Waals surface area contributed by atoms with E-state index in [9.17, 15) is 9.59 Å². The molecule has 0 spiro atoms. The molecule has 0 aliphatic carbocycles. The van der Waals surface area contributed by atoms with Crippen LogP contribution in [-0.4, -0.2) is 65.3 Å². The molecule has 4 heterocycles. The molecule has 0 unspecified atom stereocenters. The van der Waals surface area contributed by atoms with Crippen molar-refractivity contribution in [3.8, 4) is 0 Å². The summed E-state index contributed by atoms with van der Waals surface area (Å²) in [5.74, 6) is 0.810. The lowest BCUT2D eigenvalue weighted by Crippen LogP contribution is -2.49. The fraction of sp³-hybridized carbons (Fsp3) is 0.684. The van der Waals surface area contributed by atoms with Gasteiger partial charge < -0.3 is 19.1 Å². The quantitative estimate of drug-likeness (QED) is 0.834. The molecule has 6 heteroatoms. The molecule has 0 saturated carbocycles. The summed E-state index contributed by atoms with van der Waals surface area (Å²) in [6, 6.07) is 4.51. The first-order chi connectivity index (χ1) is 12.1. The molecule has 3 aliphatic rings. The summed E-state index contributed by atoms with van der Waals surface area (Å²) in [5.41, 5.74) is 0. The van der Waals surface area contributed by atoms with Crippen molar-refractivity contribution in [1.29, 1.82) is 0 Å². The smallest absolute Gasteiger partial charge is 0.228 e. The van der Waals surface area contributed by atoms with Crippen LogP contribution < -0.4 is 0 Å². The molecule has 3 saturated heterocycles. The maximum Gasteiger partial charge on any atom is 0.228 e. The Hall–Kier alpha value is -1.82. The van der Waals surface area contributed by atoms with Gasteiger partial charge in [-0.25, -0.2) is 0 Å². The van der Waals surface area contributed by atoms with E-state index in [1.807, 2.05) is 12.1 Å². The molecular formula is C19H27N3O3. The fourth-order valence-electron chi connectivity index (χ4n) is 4.80. The highest BCUT2D eigenvalue weighted by Crippen LogP contribution is 2.32. The zero-order valence-electron chi connectivity index (χ0n) is 14.9. The van der Waals surface area contributed by atoms with Crippen molar-refractivity contribution in [3.63, 3.8) is 0 Å². The molecule has 3 atom stereocenters. The first-order valence-electron chi connectivity index (χ1n) is 9.44. The highest BCUT2D eigenvalue weighted by molar-refractivity contribution is 5.89. The van der Waals surface area contributed by atoms with Gasteiger partial charge in [0.1, 0.15) is 5.76 Å². The molecule has 6 nitrogen and oxygen atoms in total. The number of likely N-dealkylation sites (tertiary alicyclic amines) is 3. The fourth-order valence-corrected chi connectivity index (χ4v) is 4.80. The van der Waals surface area contributed by atoms with Crippen LogP contribution in [-0.2, 0) is 16.1 Å². The molecule has 2 amide bonds. The predicted octanol–water partition coefficient (Wildman–Crippen LogP) is 1.71. The first kappa shape index (κ1) is 16.6. The van der Waals surface area contributed by atoms with Gasteiger partial charge in [0.15, 0.2) is 0 Å². The molecule has 4 rings (SSSR count). The van der Waals surface area contributed by atoms with Crippen molar-refractivity contribution in [2.45, 2.75) is 50.7 Å². The average molecular weight is 345 g/mol. The van der Waals surface area contributed by atoms with E-state index in [4.69, 9.17) is 4.42 Å². The summed E-state index contributed by atoms with van der Waals surface area (Å²) >= 11 is 0. The summed E-state index contributed by atoms with van der Waals surface area (Å²) in [7, 11) is 2.17. The van der Waals surface area contributed by atoms with E-state index in [0.29, 0.717) is 31.6 Å². The number of hydrogen-bond acceptors (Lipinski definition) is 4. The van der Waals surface area contributed by atoms with Gasteiger partial charge in [0, 0.05) is 31.6 Å². The molecule has 1 aromatic rings. The van der Waals surface area contributed by atoms with Gasteiger partial charge in [-0.2, -0.15) is 0 Å². The third-order valence-corrected chi connectivity index (χ3v) is 6.09. The Bertz CT molecular complexity index is 630. The van der Waals surface area contributed by atoms with Crippen molar-refractivity contribution in [2.75, 3.05) is 26.7 Å². The van der Waals surface area contributed by atoms with Crippen LogP contribution >= 0.6 is 0 Å². The van der Waals surface area contributed by atoms with Crippen LogP contribution in [0.4, 0.5) is 0 Å². The van der Waals surface area contributed by atoms with Crippen molar-refractivity contribution in [2.24, 2.45) is 5.92 Å². The van der Waals surface area contributed by atoms with E-state index < -0.39 is 0 Å². The van der Waals surface area contributed by atoms with E-state index in [0.717, 1.165) is 31.7 Å². The first-order valence-corrected chi connectivity index (χ1v) is 9.44. The third kappa shape index (κ3) is 3.19. The maximum atomic E-state index is 13.1. The summed E-state index contributed by atoms with van der Waals surface area (Å²) < 4.78 is 5.34. The Morgan fingerprint density at radius 1 is 1.24 bits per heavy atom. The predicted molar refractivity (Wildman–Crippen MR) is 92.6 cm³/mol. The van der Waals surface area contributed by atoms with E-state index in [-0.39, 0.29) is 17.7 Å². The second kappa shape index (κ2) is 6.83. The van der Waals surface area contributed by atoms with Crippen LogP contribution in [0.2, 0.25) is 0 Å². The van der Waals surface area contributed by atoms with Gasteiger partial charge in [-0.15, -0.1) is 0 Å². The van der Waals surface area contributed by atoms with Crippen molar-refractivity contribution >= 4 is 11.8 Å². The Kier molecular flexibility index (Phi) is 4.54. The van der Waals surface area contributed by atoms with Crippen LogP contribution in [0.5, 0.6) is 0 Å². The minimum absolute atomic E-state index is 0.0588. The Morgan fingerprint density at radius 2 is 2.04 bits per heavy atom. The monoisotopic (exact) mass is 345 g/mol. The minimum atomic E-state index is -0.199. The van der Waals surface area contributed by atoms with Gasteiger partial charge in [0.2, 0.25) is 11.8 Å². The second-order valence-electron chi connectivity index (χ2n) is 7.69. The summed E-state index contributed by atoms with van der Waals surface area (Å²) in [6.45, 7) is 2.95. The van der Waals surface area contributed by atoms with Crippen LogP contribution in [0, 0.1) is 5.92 Å². The lowest BCUT2D eigenvalue weighted by Gasteiger charge is -2.34. The van der Waals surface area contributed by atoms with E-state index >= 15 is 0 Å². The molecule has 0 radical (unpaired) electrons. The zero-order chi connectivity index (χ0) is 17.4. The van der Waals surface area contributed by atoms with Crippen LogP contribution in [0.3, 0.4) is 0 Å². The second-order valence-corrected chi connectivity index (χ2v) is 7.69. The number of nitrogens with zero attached hydrogens (tertiary/aromatic N) is 3. The minimum Gasteiger partial charge on any atom is -0.467 e. The summed E-state index contributed by atoms with van der Waals surface area (Å²) in [6.07, 6.45) is 6.53. The largest absolute Gasteiger partial charge is 0.467 e. The molecule has 3 aliphatic heterocycles. The van der Waals surface area contributed by atoms with Gasteiger partial charge in [-0.1, -0.05) is 0 Å². The number of amides is 2. The highest BCUT2D eigenvalue weighted by Gasteiger charge is 2.43. The lowest BCUT2D eigenvalue weighted by atomic mass is 10.0. The number of carbonyl (C=O) groups is 2. The molecular weight excluding hydrogens is 318 g/mol. The number of likely N-dealkylation sites (N-methyl/N-ethyl adjacent to an activating group) is 1. The molecule has 136 valence electrons. The van der Waals surface area contributed by atoms with E-state index in [1.54, 1.807) is 11.2 Å². The van der Waals surface area contributed by atoms with Gasteiger partial charge >= 0.3 is 0 Å². The standard InChI is InChI=1S/C19H27N3O3/c1-20-8-2-6-16(20)17-7-3-9-22(17)19(24)14-11-18(23)21(12-14)13-15-5-4-10-25-15/h4-5,10,14,16-17H,2-3,6-9,11-13H2,1H3/t14-,16-,17+/m1/s1. The van der Waals surface area contributed by atoms with E-state index in [1.165, 1.54) is 12.8 Å².